The SMILES string of the molecule is CC[C@H](C)NC(=O)[C@@H]1CC[C@H](c2ccccc2)N(C(=O)c2ccccc2F)C1. The van der Waals surface area contributed by atoms with Crippen LogP contribution >= 0.6 is 0 Å². The molecule has 1 saturated heterocycles. The van der Waals surface area contributed by atoms with E-state index in [4.69, 9.17) is 0 Å². The van der Waals surface area contributed by atoms with Crippen LogP contribution in [0.2, 0.25) is 0 Å². The van der Waals surface area contributed by atoms with Crippen LogP contribution in [0.15, 0.2) is 54.6 Å². The van der Waals surface area contributed by atoms with Gasteiger partial charge in [0, 0.05) is 12.6 Å². The largest absolute Gasteiger partial charge is 0.353 e. The zero-order valence-corrected chi connectivity index (χ0v) is 16.4. The second kappa shape index (κ2) is 9.00. The smallest absolute Gasteiger partial charge is 0.257 e. The lowest BCUT2D eigenvalue weighted by atomic mass is 9.87. The summed E-state index contributed by atoms with van der Waals surface area (Å²) in [5.74, 6) is -1.23. The standard InChI is InChI=1S/C23H27FN2O2/c1-3-16(2)25-22(27)18-13-14-21(17-9-5-4-6-10-17)26(15-18)23(28)19-11-7-8-12-20(19)24/h4-12,16,18,21H,3,13-15H2,1-2H3,(H,25,27)/t16-,18+,21+/m0/s1. The summed E-state index contributed by atoms with van der Waals surface area (Å²) < 4.78 is 14.3. The maximum absolute atomic E-state index is 14.3. The van der Waals surface area contributed by atoms with E-state index in [2.05, 4.69) is 5.32 Å². The van der Waals surface area contributed by atoms with Crippen molar-refractivity contribution in [2.45, 2.75) is 45.2 Å². The Balaban J connectivity index is 1.88. The number of hydrogen-bond donors (Lipinski definition) is 1. The van der Waals surface area contributed by atoms with Crippen LogP contribution in [0.1, 0.15) is 55.1 Å². The molecule has 1 heterocycles. The van der Waals surface area contributed by atoms with Gasteiger partial charge >= 0.3 is 0 Å². The Labute approximate surface area is 165 Å². The molecule has 3 rings (SSSR count). The lowest BCUT2D eigenvalue weighted by Gasteiger charge is -2.40. The lowest BCUT2D eigenvalue weighted by molar-refractivity contribution is -0.127. The number of rotatable bonds is 5. The molecule has 1 fully saturated rings. The highest BCUT2D eigenvalue weighted by Crippen LogP contribution is 2.35. The van der Waals surface area contributed by atoms with Gasteiger partial charge in [0.2, 0.25) is 5.91 Å². The van der Waals surface area contributed by atoms with Gasteiger partial charge in [0.15, 0.2) is 0 Å². The van der Waals surface area contributed by atoms with Crippen molar-refractivity contribution in [1.29, 1.82) is 0 Å². The number of benzene rings is 2. The lowest BCUT2D eigenvalue weighted by Crippen LogP contribution is -2.48. The molecule has 2 amide bonds. The van der Waals surface area contributed by atoms with E-state index in [9.17, 15) is 14.0 Å². The molecule has 0 saturated carbocycles. The van der Waals surface area contributed by atoms with Gasteiger partial charge < -0.3 is 10.2 Å². The summed E-state index contributed by atoms with van der Waals surface area (Å²) in [6.45, 7) is 4.27. The molecule has 0 spiro atoms. The van der Waals surface area contributed by atoms with E-state index in [1.807, 2.05) is 44.2 Å². The van der Waals surface area contributed by atoms with E-state index in [0.29, 0.717) is 12.8 Å². The minimum absolute atomic E-state index is 0.0350. The Bertz CT molecular complexity index is 824. The number of hydrogen-bond acceptors (Lipinski definition) is 2. The second-order valence-corrected chi connectivity index (χ2v) is 7.46. The third-order valence-corrected chi connectivity index (χ3v) is 5.50. The van der Waals surface area contributed by atoms with Gasteiger partial charge in [-0.25, -0.2) is 4.39 Å². The van der Waals surface area contributed by atoms with E-state index in [0.717, 1.165) is 12.0 Å². The minimum Gasteiger partial charge on any atom is -0.353 e. The molecule has 28 heavy (non-hydrogen) atoms. The predicted octanol–water partition coefficient (Wildman–Crippen LogP) is 4.33. The van der Waals surface area contributed by atoms with Crippen molar-refractivity contribution in [3.05, 3.63) is 71.5 Å². The molecule has 1 aliphatic rings. The molecule has 0 aromatic heterocycles. The number of piperidine rings is 1. The van der Waals surface area contributed by atoms with Gasteiger partial charge in [0.1, 0.15) is 5.82 Å². The number of nitrogens with zero attached hydrogens (tertiary/aromatic N) is 1. The van der Waals surface area contributed by atoms with E-state index >= 15 is 0 Å². The molecule has 0 radical (unpaired) electrons. The Hall–Kier alpha value is -2.69. The van der Waals surface area contributed by atoms with Crippen molar-refractivity contribution in [3.63, 3.8) is 0 Å². The van der Waals surface area contributed by atoms with Gasteiger partial charge in [-0.3, -0.25) is 9.59 Å². The molecule has 0 bridgehead atoms. The number of likely N-dealkylation sites (tertiary alicyclic amines) is 1. The minimum atomic E-state index is -0.537. The first-order valence-corrected chi connectivity index (χ1v) is 9.92. The number of halogens is 1. The van der Waals surface area contributed by atoms with Crippen LogP contribution in [0.4, 0.5) is 4.39 Å². The average Bonchev–Trinajstić information content (AvgIpc) is 2.73. The molecule has 1 aliphatic heterocycles. The van der Waals surface area contributed by atoms with Crippen molar-refractivity contribution < 1.29 is 14.0 Å². The third-order valence-electron chi connectivity index (χ3n) is 5.50. The first-order valence-electron chi connectivity index (χ1n) is 9.92. The van der Waals surface area contributed by atoms with Crippen LogP contribution in [-0.2, 0) is 4.79 Å². The molecule has 5 heteroatoms. The third kappa shape index (κ3) is 4.41. The Morgan fingerprint density at radius 3 is 2.46 bits per heavy atom. The van der Waals surface area contributed by atoms with Gasteiger partial charge in [-0.15, -0.1) is 0 Å². The summed E-state index contributed by atoms with van der Waals surface area (Å²) in [6.07, 6.45) is 2.22. The van der Waals surface area contributed by atoms with E-state index in [-0.39, 0.29) is 41.9 Å². The number of carbonyl (C=O) groups is 2. The number of nitrogens with one attached hydrogen (secondary N) is 1. The molecular formula is C23H27FN2O2. The highest BCUT2D eigenvalue weighted by atomic mass is 19.1. The normalized spacial score (nSPS) is 20.5. The van der Waals surface area contributed by atoms with E-state index in [1.165, 1.54) is 12.1 Å². The zero-order valence-electron chi connectivity index (χ0n) is 16.4. The van der Waals surface area contributed by atoms with Crippen molar-refractivity contribution >= 4 is 11.8 Å². The first kappa shape index (κ1) is 20.1. The van der Waals surface area contributed by atoms with Crippen LogP contribution in [0, 0.1) is 11.7 Å². The van der Waals surface area contributed by atoms with Gasteiger partial charge in [0.25, 0.3) is 5.91 Å². The predicted molar refractivity (Wildman–Crippen MR) is 107 cm³/mol. The highest BCUT2D eigenvalue weighted by molar-refractivity contribution is 5.95. The summed E-state index contributed by atoms with van der Waals surface area (Å²) in [6, 6.07) is 15.7. The summed E-state index contributed by atoms with van der Waals surface area (Å²) in [5.41, 5.74) is 1.05. The number of amides is 2. The van der Waals surface area contributed by atoms with Crippen molar-refractivity contribution in [2.24, 2.45) is 5.92 Å². The van der Waals surface area contributed by atoms with Crippen LogP contribution in [-0.4, -0.2) is 29.3 Å². The molecule has 0 aliphatic carbocycles. The number of carbonyl (C=O) groups excluding carboxylic acids is 2. The Kier molecular flexibility index (Phi) is 6.45. The van der Waals surface area contributed by atoms with Gasteiger partial charge in [-0.1, -0.05) is 49.4 Å². The zero-order chi connectivity index (χ0) is 20.1. The van der Waals surface area contributed by atoms with E-state index < -0.39 is 5.82 Å². The molecule has 3 atom stereocenters. The van der Waals surface area contributed by atoms with Gasteiger partial charge in [-0.2, -0.15) is 0 Å². The highest BCUT2D eigenvalue weighted by Gasteiger charge is 2.36. The quantitative estimate of drug-likeness (QED) is 0.837. The summed E-state index contributed by atoms with van der Waals surface area (Å²) in [7, 11) is 0. The molecule has 2 aromatic carbocycles. The molecule has 4 nitrogen and oxygen atoms in total. The molecule has 0 unspecified atom stereocenters. The van der Waals surface area contributed by atoms with Crippen LogP contribution < -0.4 is 5.32 Å². The fraction of sp³-hybridized carbons (Fsp3) is 0.391. The first-order chi connectivity index (χ1) is 13.5. The van der Waals surface area contributed by atoms with Crippen molar-refractivity contribution in [1.82, 2.24) is 10.2 Å². The maximum atomic E-state index is 14.3. The van der Waals surface area contributed by atoms with Crippen LogP contribution in [0.25, 0.3) is 0 Å². The van der Waals surface area contributed by atoms with Crippen LogP contribution in [0.5, 0.6) is 0 Å². The molecule has 1 N–H and O–H groups in total. The fourth-order valence-corrected chi connectivity index (χ4v) is 3.68. The van der Waals surface area contributed by atoms with E-state index in [1.54, 1.807) is 17.0 Å². The summed E-state index contributed by atoms with van der Waals surface area (Å²) >= 11 is 0. The molecular weight excluding hydrogens is 355 g/mol. The summed E-state index contributed by atoms with van der Waals surface area (Å²) in [4.78, 5) is 27.5. The fourth-order valence-electron chi connectivity index (χ4n) is 3.68. The van der Waals surface area contributed by atoms with Crippen molar-refractivity contribution in [2.75, 3.05) is 6.54 Å². The molecule has 2 aromatic rings. The molecule has 148 valence electrons. The monoisotopic (exact) mass is 382 g/mol. The second-order valence-electron chi connectivity index (χ2n) is 7.46. The topological polar surface area (TPSA) is 49.4 Å². The maximum Gasteiger partial charge on any atom is 0.257 e. The Morgan fingerprint density at radius 1 is 1.11 bits per heavy atom. The van der Waals surface area contributed by atoms with Gasteiger partial charge in [-0.05, 0) is 43.9 Å². The summed E-state index contributed by atoms with van der Waals surface area (Å²) in [5, 5.41) is 3.01. The Morgan fingerprint density at radius 2 is 1.79 bits per heavy atom. The average molecular weight is 382 g/mol. The van der Waals surface area contributed by atoms with Crippen molar-refractivity contribution in [3.8, 4) is 0 Å². The van der Waals surface area contributed by atoms with Crippen LogP contribution in [0.3, 0.4) is 0 Å². The van der Waals surface area contributed by atoms with Gasteiger partial charge in [0.05, 0.1) is 17.5 Å².